The number of nitrogens with zero attached hydrogens (tertiary/aromatic N) is 2. The van der Waals surface area contributed by atoms with E-state index in [1.807, 2.05) is 12.1 Å². The molecule has 5 nitrogen and oxygen atoms in total. The van der Waals surface area contributed by atoms with Crippen LogP contribution in [0, 0.1) is 0 Å². The predicted molar refractivity (Wildman–Crippen MR) is 127 cm³/mol. The molecule has 1 aliphatic carbocycles. The van der Waals surface area contributed by atoms with Crippen LogP contribution in [-0.2, 0) is 16.3 Å². The molecule has 2 aliphatic heterocycles. The molecule has 32 heavy (non-hydrogen) atoms. The fraction of sp³-hybridized carbons (Fsp3) is 0.500. The van der Waals surface area contributed by atoms with Crippen LogP contribution in [0.3, 0.4) is 0 Å². The SMILES string of the molecule is CS(=O)(=O)c1ccc(O[C@H]2c3cc(Cl)cc(Cl)c3C[C@@H]2N2CCCC2N2CCCC2)cc1. The highest BCUT2D eigenvalue weighted by Crippen LogP contribution is 2.44. The molecule has 0 amide bonds. The van der Waals surface area contributed by atoms with Gasteiger partial charge in [0.05, 0.1) is 17.1 Å². The van der Waals surface area contributed by atoms with Crippen LogP contribution in [0.15, 0.2) is 41.3 Å². The van der Waals surface area contributed by atoms with Gasteiger partial charge in [0.1, 0.15) is 11.9 Å². The number of fused-ring (bicyclic) bond motifs is 1. The molecular formula is C24H28Cl2N2O3S. The topological polar surface area (TPSA) is 49.9 Å². The van der Waals surface area contributed by atoms with E-state index in [0.29, 0.717) is 22.0 Å². The Hall–Kier alpha value is -1.31. The summed E-state index contributed by atoms with van der Waals surface area (Å²) in [6.07, 6.45) is 7.14. The summed E-state index contributed by atoms with van der Waals surface area (Å²) in [5.74, 6) is 0.647. The van der Waals surface area contributed by atoms with Crippen molar-refractivity contribution in [1.82, 2.24) is 9.80 Å². The van der Waals surface area contributed by atoms with Crippen molar-refractivity contribution < 1.29 is 13.2 Å². The molecule has 3 aliphatic rings. The van der Waals surface area contributed by atoms with Gasteiger partial charge in [-0.3, -0.25) is 9.80 Å². The van der Waals surface area contributed by atoms with Crippen LogP contribution < -0.4 is 4.74 Å². The summed E-state index contributed by atoms with van der Waals surface area (Å²) in [5.41, 5.74) is 2.14. The largest absolute Gasteiger partial charge is 0.484 e. The number of rotatable bonds is 5. The normalized spacial score (nSPS) is 26.5. The van der Waals surface area contributed by atoms with Gasteiger partial charge in [-0.2, -0.15) is 0 Å². The molecule has 2 saturated heterocycles. The Morgan fingerprint density at radius 3 is 2.41 bits per heavy atom. The molecule has 0 aromatic heterocycles. The molecule has 1 unspecified atom stereocenters. The van der Waals surface area contributed by atoms with Gasteiger partial charge in [-0.1, -0.05) is 23.2 Å². The van der Waals surface area contributed by atoms with Crippen LogP contribution in [0.5, 0.6) is 5.75 Å². The Kier molecular flexibility index (Phi) is 6.18. The number of hydrogen-bond donors (Lipinski definition) is 0. The molecule has 2 aromatic carbocycles. The summed E-state index contributed by atoms with van der Waals surface area (Å²) in [5, 5.41) is 1.29. The first-order valence-corrected chi connectivity index (χ1v) is 13.9. The van der Waals surface area contributed by atoms with E-state index in [2.05, 4.69) is 9.80 Å². The Labute approximate surface area is 200 Å². The summed E-state index contributed by atoms with van der Waals surface area (Å²) in [7, 11) is -3.25. The zero-order valence-corrected chi connectivity index (χ0v) is 20.5. The molecule has 0 saturated carbocycles. The summed E-state index contributed by atoms with van der Waals surface area (Å²) < 4.78 is 30.2. The molecule has 0 bridgehead atoms. The lowest BCUT2D eigenvalue weighted by molar-refractivity contribution is 0.0132. The van der Waals surface area contributed by atoms with Gasteiger partial charge in [-0.15, -0.1) is 0 Å². The molecule has 2 fully saturated rings. The van der Waals surface area contributed by atoms with Crippen molar-refractivity contribution in [3.05, 3.63) is 57.6 Å². The maximum absolute atomic E-state index is 11.8. The van der Waals surface area contributed by atoms with Crippen molar-refractivity contribution in [1.29, 1.82) is 0 Å². The molecule has 8 heteroatoms. The Bertz CT molecular complexity index is 1100. The van der Waals surface area contributed by atoms with E-state index in [4.69, 9.17) is 27.9 Å². The first kappa shape index (κ1) is 22.5. The highest BCUT2D eigenvalue weighted by atomic mass is 35.5. The third-order valence-electron chi connectivity index (χ3n) is 7.03. The van der Waals surface area contributed by atoms with Crippen molar-refractivity contribution in [3.63, 3.8) is 0 Å². The molecule has 172 valence electrons. The number of likely N-dealkylation sites (tertiary alicyclic amines) is 2. The highest BCUT2D eigenvalue weighted by molar-refractivity contribution is 7.90. The van der Waals surface area contributed by atoms with Gasteiger partial charge in [-0.05, 0) is 87.2 Å². The van der Waals surface area contributed by atoms with Gasteiger partial charge < -0.3 is 4.74 Å². The van der Waals surface area contributed by atoms with Gasteiger partial charge in [0, 0.05) is 28.4 Å². The Morgan fingerprint density at radius 1 is 1.00 bits per heavy atom. The van der Waals surface area contributed by atoms with E-state index < -0.39 is 9.84 Å². The standard InChI is InChI=1S/C24H28Cl2N2O3S/c1-32(29,30)18-8-6-17(7-9-18)31-24-20-13-16(25)14-21(26)19(20)15-22(24)28-12-4-5-23(28)27-10-2-3-11-27/h6-9,13-14,22-24H,2-5,10-12,15H2,1H3/t22-,23?,24-/m0/s1. The van der Waals surface area contributed by atoms with Crippen molar-refractivity contribution in [3.8, 4) is 5.75 Å². The summed E-state index contributed by atoms with van der Waals surface area (Å²) in [6, 6.07) is 10.6. The maximum Gasteiger partial charge on any atom is 0.175 e. The van der Waals surface area contributed by atoms with Gasteiger partial charge in [0.25, 0.3) is 0 Å². The van der Waals surface area contributed by atoms with Crippen molar-refractivity contribution >= 4 is 33.0 Å². The first-order chi connectivity index (χ1) is 15.3. The summed E-state index contributed by atoms with van der Waals surface area (Å²) in [4.78, 5) is 5.50. The molecular weight excluding hydrogens is 467 g/mol. The first-order valence-electron chi connectivity index (χ1n) is 11.3. The van der Waals surface area contributed by atoms with Gasteiger partial charge in [-0.25, -0.2) is 8.42 Å². The minimum absolute atomic E-state index is 0.156. The number of ether oxygens (including phenoxy) is 1. The van der Waals surface area contributed by atoms with Crippen LogP contribution in [0.2, 0.25) is 10.0 Å². The summed E-state index contributed by atoms with van der Waals surface area (Å²) in [6.45, 7) is 3.36. The maximum atomic E-state index is 11.8. The monoisotopic (exact) mass is 494 g/mol. The molecule has 0 N–H and O–H groups in total. The molecule has 2 heterocycles. The fourth-order valence-electron chi connectivity index (χ4n) is 5.55. The smallest absolute Gasteiger partial charge is 0.175 e. The second-order valence-corrected chi connectivity index (χ2v) is 12.0. The van der Waals surface area contributed by atoms with Crippen LogP contribution in [-0.4, -0.2) is 56.3 Å². The lowest BCUT2D eigenvalue weighted by Gasteiger charge is -2.38. The van der Waals surface area contributed by atoms with E-state index in [1.54, 1.807) is 24.3 Å². The van der Waals surface area contributed by atoms with Crippen LogP contribution in [0.25, 0.3) is 0 Å². The van der Waals surface area contributed by atoms with E-state index in [1.165, 1.54) is 31.9 Å². The number of benzene rings is 2. The number of halogens is 2. The second kappa shape index (κ2) is 8.80. The minimum Gasteiger partial charge on any atom is -0.484 e. The highest BCUT2D eigenvalue weighted by Gasteiger charge is 2.45. The predicted octanol–water partition coefficient (Wildman–Crippen LogP) is 4.96. The molecule has 5 rings (SSSR count). The molecule has 0 radical (unpaired) electrons. The van der Waals surface area contributed by atoms with Crippen molar-refractivity contribution in [2.75, 3.05) is 25.9 Å². The van der Waals surface area contributed by atoms with Gasteiger partial charge in [0.2, 0.25) is 0 Å². The number of sulfone groups is 1. The zero-order valence-electron chi connectivity index (χ0n) is 18.1. The van der Waals surface area contributed by atoms with Crippen molar-refractivity contribution in [2.24, 2.45) is 0 Å². The van der Waals surface area contributed by atoms with Crippen molar-refractivity contribution in [2.45, 2.75) is 55.3 Å². The zero-order chi connectivity index (χ0) is 22.5. The number of hydrogen-bond acceptors (Lipinski definition) is 5. The minimum atomic E-state index is -3.25. The van der Waals surface area contributed by atoms with Gasteiger partial charge >= 0.3 is 0 Å². The van der Waals surface area contributed by atoms with E-state index in [0.717, 1.165) is 37.2 Å². The lowest BCUT2D eigenvalue weighted by atomic mass is 10.1. The van der Waals surface area contributed by atoms with E-state index in [-0.39, 0.29) is 17.0 Å². The second-order valence-electron chi connectivity index (χ2n) is 9.11. The average molecular weight is 495 g/mol. The van der Waals surface area contributed by atoms with E-state index in [9.17, 15) is 8.42 Å². The molecule has 0 spiro atoms. The quantitative estimate of drug-likeness (QED) is 0.587. The Morgan fingerprint density at radius 2 is 1.72 bits per heavy atom. The molecule has 3 atom stereocenters. The van der Waals surface area contributed by atoms with Crippen LogP contribution in [0.1, 0.15) is 42.9 Å². The average Bonchev–Trinajstić information content (AvgIpc) is 3.47. The molecule has 2 aromatic rings. The summed E-state index contributed by atoms with van der Waals surface area (Å²) >= 11 is 13.0. The third-order valence-corrected chi connectivity index (χ3v) is 8.71. The van der Waals surface area contributed by atoms with Crippen LogP contribution >= 0.6 is 23.2 Å². The van der Waals surface area contributed by atoms with Crippen LogP contribution in [0.4, 0.5) is 0 Å². The fourth-order valence-corrected chi connectivity index (χ4v) is 6.77. The van der Waals surface area contributed by atoms with E-state index >= 15 is 0 Å². The third kappa shape index (κ3) is 4.28. The van der Waals surface area contributed by atoms with Gasteiger partial charge in [0.15, 0.2) is 9.84 Å². The lowest BCUT2D eigenvalue weighted by Crippen LogP contribution is -2.50. The Balaban J connectivity index is 1.48.